The van der Waals surface area contributed by atoms with Crippen molar-refractivity contribution in [1.82, 2.24) is 20.4 Å². The van der Waals surface area contributed by atoms with Gasteiger partial charge in [0.2, 0.25) is 0 Å². The van der Waals surface area contributed by atoms with Gasteiger partial charge in [0.1, 0.15) is 6.17 Å². The molecule has 24 heavy (non-hydrogen) atoms. The number of hydrogen-bond donors (Lipinski definition) is 3. The molecule has 0 saturated carbocycles. The zero-order valence-corrected chi connectivity index (χ0v) is 14.1. The summed E-state index contributed by atoms with van der Waals surface area (Å²) in [5.41, 5.74) is 0.841. The zero-order chi connectivity index (χ0) is 17.6. The van der Waals surface area contributed by atoms with Crippen LogP contribution in [0.2, 0.25) is 0 Å². The number of methoxy groups -OCH3 is 1. The number of benzene rings is 1. The van der Waals surface area contributed by atoms with E-state index < -0.39 is 6.17 Å². The highest BCUT2D eigenvalue weighted by Gasteiger charge is 2.49. The van der Waals surface area contributed by atoms with Gasteiger partial charge in [0.05, 0.1) is 13.2 Å². The number of amides is 4. The van der Waals surface area contributed by atoms with Crippen LogP contribution in [0, 0.1) is 5.92 Å². The molecule has 0 bridgehead atoms. The van der Waals surface area contributed by atoms with Crippen LogP contribution in [0.25, 0.3) is 0 Å². The Labute approximate surface area is 140 Å². The molecule has 0 unspecified atom stereocenters. The molecule has 1 aromatic carbocycles. The molecule has 2 aliphatic rings. The highest BCUT2D eigenvalue weighted by molar-refractivity contribution is 5.80. The molecule has 0 spiro atoms. The molecule has 0 aliphatic carbocycles. The Bertz CT molecular complexity index is 680. The first-order valence-electron chi connectivity index (χ1n) is 7.78. The second-order valence-electron chi connectivity index (χ2n) is 6.31. The number of nitrogens with zero attached hydrogens (tertiary/aromatic N) is 2. The topological polar surface area (TPSA) is 94.1 Å². The Morgan fingerprint density at radius 2 is 1.79 bits per heavy atom. The number of ether oxygens (including phenoxy) is 1. The molecule has 8 nitrogen and oxygen atoms in total. The monoisotopic (exact) mass is 334 g/mol. The number of rotatable bonds is 2. The van der Waals surface area contributed by atoms with Gasteiger partial charge in [-0.15, -0.1) is 0 Å². The number of nitrogens with one attached hydrogen (secondary N) is 2. The summed E-state index contributed by atoms with van der Waals surface area (Å²) in [5.74, 6) is 0.330. The fraction of sp³-hybridized carbons (Fsp3) is 0.500. The van der Waals surface area contributed by atoms with Crippen LogP contribution in [0.1, 0.15) is 18.5 Å². The van der Waals surface area contributed by atoms with Crippen LogP contribution >= 0.6 is 0 Å². The molecule has 0 radical (unpaired) electrons. The summed E-state index contributed by atoms with van der Waals surface area (Å²) in [4.78, 5) is 27.6. The van der Waals surface area contributed by atoms with E-state index in [0.29, 0.717) is 5.75 Å². The number of phenols is 1. The molecule has 8 heteroatoms. The molecule has 3 rings (SSSR count). The fourth-order valence-corrected chi connectivity index (χ4v) is 3.63. The average molecular weight is 334 g/mol. The van der Waals surface area contributed by atoms with Crippen LogP contribution in [0.5, 0.6) is 11.5 Å². The predicted molar refractivity (Wildman–Crippen MR) is 86.7 cm³/mol. The number of phenolic OH excluding ortho intramolecular Hbond substituents is 1. The van der Waals surface area contributed by atoms with Gasteiger partial charge < -0.3 is 30.3 Å². The van der Waals surface area contributed by atoms with Gasteiger partial charge in [-0.1, -0.05) is 6.07 Å². The number of hydrogen-bond acceptors (Lipinski definition) is 4. The summed E-state index contributed by atoms with van der Waals surface area (Å²) in [6.45, 7) is 1.93. The number of carbonyl (C=O) groups excluding carboxylic acids is 2. The maximum atomic E-state index is 12.4. The van der Waals surface area contributed by atoms with E-state index in [1.54, 1.807) is 37.2 Å². The third kappa shape index (κ3) is 2.38. The Morgan fingerprint density at radius 3 is 2.46 bits per heavy atom. The minimum atomic E-state index is -0.401. The van der Waals surface area contributed by atoms with E-state index in [1.165, 1.54) is 12.0 Å². The van der Waals surface area contributed by atoms with Gasteiger partial charge >= 0.3 is 12.1 Å². The molecule has 1 aromatic rings. The third-order valence-corrected chi connectivity index (χ3v) is 4.95. The molecule has 130 valence electrons. The summed E-state index contributed by atoms with van der Waals surface area (Å²) in [5, 5.41) is 15.7. The van der Waals surface area contributed by atoms with Gasteiger partial charge in [-0.05, 0) is 24.6 Å². The fourth-order valence-electron chi connectivity index (χ4n) is 3.63. The summed E-state index contributed by atoms with van der Waals surface area (Å²) in [6.07, 6.45) is -0.401. The van der Waals surface area contributed by atoms with E-state index in [-0.39, 0.29) is 35.8 Å². The second-order valence-corrected chi connectivity index (χ2v) is 6.31. The molecule has 2 heterocycles. The first-order chi connectivity index (χ1) is 11.3. The van der Waals surface area contributed by atoms with Gasteiger partial charge in [-0.3, -0.25) is 0 Å². The van der Waals surface area contributed by atoms with Crippen molar-refractivity contribution in [2.24, 2.45) is 5.92 Å². The van der Waals surface area contributed by atoms with Crippen LogP contribution in [0.15, 0.2) is 18.2 Å². The lowest BCUT2D eigenvalue weighted by molar-refractivity contribution is 0.0247. The first kappa shape index (κ1) is 16.2. The minimum Gasteiger partial charge on any atom is -0.504 e. The lowest BCUT2D eigenvalue weighted by atomic mass is 9.81. The lowest BCUT2D eigenvalue weighted by Gasteiger charge is -2.52. The van der Waals surface area contributed by atoms with Crippen molar-refractivity contribution in [3.63, 3.8) is 0 Å². The highest BCUT2D eigenvalue weighted by Crippen LogP contribution is 2.40. The van der Waals surface area contributed by atoms with E-state index in [1.807, 2.05) is 6.92 Å². The molecule has 2 fully saturated rings. The third-order valence-electron chi connectivity index (χ3n) is 4.95. The Balaban J connectivity index is 2.06. The van der Waals surface area contributed by atoms with Gasteiger partial charge in [0, 0.05) is 26.1 Å². The zero-order valence-electron chi connectivity index (χ0n) is 14.1. The quantitative estimate of drug-likeness (QED) is 0.754. The van der Waals surface area contributed by atoms with Gasteiger partial charge in [-0.2, -0.15) is 0 Å². The summed E-state index contributed by atoms with van der Waals surface area (Å²) < 4.78 is 5.19. The molecule has 3 N–H and O–H groups in total. The molecule has 4 atom stereocenters. The van der Waals surface area contributed by atoms with E-state index in [2.05, 4.69) is 10.6 Å². The summed E-state index contributed by atoms with van der Waals surface area (Å²) in [7, 11) is 4.87. The van der Waals surface area contributed by atoms with E-state index in [4.69, 9.17) is 4.74 Å². The maximum absolute atomic E-state index is 12.4. The summed E-state index contributed by atoms with van der Waals surface area (Å²) >= 11 is 0. The normalized spacial score (nSPS) is 29.7. The van der Waals surface area contributed by atoms with Crippen molar-refractivity contribution in [3.05, 3.63) is 23.8 Å². The van der Waals surface area contributed by atoms with E-state index in [9.17, 15) is 14.7 Å². The largest absolute Gasteiger partial charge is 0.504 e. The predicted octanol–water partition coefficient (Wildman–Crippen LogP) is 1.08. The Kier molecular flexibility index (Phi) is 3.90. The number of urea groups is 2. The summed E-state index contributed by atoms with van der Waals surface area (Å²) in [6, 6.07) is 4.20. The minimum absolute atomic E-state index is 0.0443. The van der Waals surface area contributed by atoms with Crippen LogP contribution in [-0.4, -0.2) is 60.4 Å². The van der Waals surface area contributed by atoms with Crippen molar-refractivity contribution in [2.45, 2.75) is 25.2 Å². The lowest BCUT2D eigenvalue weighted by Crippen LogP contribution is -2.71. The standard InChI is InChI=1S/C16H22N4O4/c1-8-12-13(9-5-6-10(21)11(7-9)24-4)19(2)16(23)18-14(12)20(3)15(22)17-8/h5-8,12-14,21H,1-4H3,(H,17,22)(H,18,23)/t8-,12+,13+,14+/m1/s1. The SMILES string of the molecule is COc1cc([C@H]2[C@H]3[C@@H](NC(=O)N2C)N(C)C(=O)N[C@@H]3C)ccc1O. The van der Waals surface area contributed by atoms with Crippen molar-refractivity contribution < 1.29 is 19.4 Å². The van der Waals surface area contributed by atoms with Crippen LogP contribution < -0.4 is 15.4 Å². The number of fused-ring (bicyclic) bond motifs is 1. The molecule has 2 aliphatic heterocycles. The number of aromatic hydroxyl groups is 1. The van der Waals surface area contributed by atoms with Crippen LogP contribution in [-0.2, 0) is 0 Å². The van der Waals surface area contributed by atoms with E-state index in [0.717, 1.165) is 5.56 Å². The Hall–Kier alpha value is -2.64. The maximum Gasteiger partial charge on any atom is 0.319 e. The average Bonchev–Trinajstić information content (AvgIpc) is 2.55. The smallest absolute Gasteiger partial charge is 0.319 e. The van der Waals surface area contributed by atoms with Gasteiger partial charge in [0.15, 0.2) is 11.5 Å². The van der Waals surface area contributed by atoms with Crippen molar-refractivity contribution in [2.75, 3.05) is 21.2 Å². The van der Waals surface area contributed by atoms with Crippen molar-refractivity contribution >= 4 is 12.1 Å². The van der Waals surface area contributed by atoms with E-state index >= 15 is 0 Å². The molecule has 4 amide bonds. The van der Waals surface area contributed by atoms with Crippen molar-refractivity contribution in [1.29, 1.82) is 0 Å². The van der Waals surface area contributed by atoms with Crippen molar-refractivity contribution in [3.8, 4) is 11.5 Å². The molecule has 2 saturated heterocycles. The van der Waals surface area contributed by atoms with Crippen LogP contribution in [0.4, 0.5) is 9.59 Å². The molecule has 0 aromatic heterocycles. The highest BCUT2D eigenvalue weighted by atomic mass is 16.5. The van der Waals surface area contributed by atoms with Gasteiger partial charge in [-0.25, -0.2) is 9.59 Å². The van der Waals surface area contributed by atoms with Gasteiger partial charge in [0.25, 0.3) is 0 Å². The Morgan fingerprint density at radius 1 is 1.12 bits per heavy atom. The number of carbonyl (C=O) groups is 2. The second kappa shape index (κ2) is 5.77. The van der Waals surface area contributed by atoms with Crippen LogP contribution in [0.3, 0.4) is 0 Å². The first-order valence-corrected chi connectivity index (χ1v) is 7.78. The molecular weight excluding hydrogens is 312 g/mol. The molecular formula is C16H22N4O4.